The third-order valence-corrected chi connectivity index (χ3v) is 3.80. The third kappa shape index (κ3) is 3.68. The molecule has 106 valence electrons. The van der Waals surface area contributed by atoms with Crippen LogP contribution < -0.4 is 5.32 Å². The summed E-state index contributed by atoms with van der Waals surface area (Å²) in [5.74, 6) is -0.398. The van der Waals surface area contributed by atoms with Gasteiger partial charge >= 0.3 is 0 Å². The summed E-state index contributed by atoms with van der Waals surface area (Å²) in [4.78, 5) is 14.2. The molecule has 0 bridgehead atoms. The molecule has 1 amide bonds. The van der Waals surface area contributed by atoms with E-state index in [-0.39, 0.29) is 36.2 Å². The Morgan fingerprint density at radius 1 is 1.47 bits per heavy atom. The van der Waals surface area contributed by atoms with E-state index >= 15 is 0 Å². The van der Waals surface area contributed by atoms with Gasteiger partial charge in [0.15, 0.2) is 0 Å². The van der Waals surface area contributed by atoms with Crippen molar-refractivity contribution in [2.24, 2.45) is 0 Å². The summed E-state index contributed by atoms with van der Waals surface area (Å²) in [5.41, 5.74) is 0.518. The molecule has 1 N–H and O–H groups in total. The van der Waals surface area contributed by atoms with Gasteiger partial charge in [-0.05, 0) is 48.0 Å². The number of halogens is 3. The summed E-state index contributed by atoms with van der Waals surface area (Å²) < 4.78 is 13.5. The number of carbonyl (C=O) groups is 1. The zero-order chi connectivity index (χ0) is 13.3. The Bertz CT molecular complexity index is 472. The Morgan fingerprint density at radius 2 is 2.16 bits per heavy atom. The average molecular weight is 352 g/mol. The van der Waals surface area contributed by atoms with Crippen molar-refractivity contribution in [2.75, 3.05) is 13.1 Å². The van der Waals surface area contributed by atoms with Crippen LogP contribution in [0, 0.1) is 5.82 Å². The van der Waals surface area contributed by atoms with E-state index in [1.54, 1.807) is 0 Å². The van der Waals surface area contributed by atoms with Crippen LogP contribution in [0.1, 0.15) is 24.2 Å². The largest absolute Gasteiger partial charge is 0.333 e. The minimum Gasteiger partial charge on any atom is -0.333 e. The first-order valence-electron chi connectivity index (χ1n) is 5.98. The fraction of sp³-hybridized carbons (Fsp3) is 0.462. The van der Waals surface area contributed by atoms with E-state index in [4.69, 9.17) is 0 Å². The molecule has 6 heteroatoms. The summed E-state index contributed by atoms with van der Waals surface area (Å²) >= 11 is 3.11. The Hall–Kier alpha value is -0.650. The number of piperazine rings is 1. The van der Waals surface area contributed by atoms with Crippen LogP contribution in [0.25, 0.3) is 0 Å². The summed E-state index contributed by atoms with van der Waals surface area (Å²) in [7, 11) is 0. The highest BCUT2D eigenvalue weighted by molar-refractivity contribution is 9.10. The molecule has 2 unspecified atom stereocenters. The molecule has 0 radical (unpaired) electrons. The number of rotatable bonds is 1. The molecule has 3 nitrogen and oxygen atoms in total. The molecule has 1 saturated heterocycles. The molecule has 0 aliphatic carbocycles. The highest BCUT2D eigenvalue weighted by Gasteiger charge is 2.27. The summed E-state index contributed by atoms with van der Waals surface area (Å²) in [6.45, 7) is 5.52. The van der Waals surface area contributed by atoms with Gasteiger partial charge in [-0.15, -0.1) is 12.4 Å². The summed E-state index contributed by atoms with van der Waals surface area (Å²) in [6.07, 6.45) is 0. The number of carbonyl (C=O) groups excluding carboxylic acids is 1. The second-order valence-electron chi connectivity index (χ2n) is 4.74. The summed E-state index contributed by atoms with van der Waals surface area (Å²) in [5, 5.41) is 3.33. The fourth-order valence-electron chi connectivity index (χ4n) is 2.10. The van der Waals surface area contributed by atoms with Crippen molar-refractivity contribution < 1.29 is 9.18 Å². The van der Waals surface area contributed by atoms with Gasteiger partial charge in [0.2, 0.25) is 0 Å². The predicted octanol–water partition coefficient (Wildman–Crippen LogP) is 2.83. The van der Waals surface area contributed by atoms with Gasteiger partial charge in [0, 0.05) is 30.7 Å². The second-order valence-corrected chi connectivity index (χ2v) is 5.60. The first kappa shape index (κ1) is 16.4. The lowest BCUT2D eigenvalue weighted by atomic mass is 10.1. The topological polar surface area (TPSA) is 32.3 Å². The number of hydrogen-bond donors (Lipinski definition) is 1. The van der Waals surface area contributed by atoms with Gasteiger partial charge in [0.1, 0.15) is 5.82 Å². The van der Waals surface area contributed by atoms with E-state index in [1.807, 2.05) is 18.7 Å². The number of nitrogens with one attached hydrogen (secondary N) is 1. The Balaban J connectivity index is 0.00000180. The maximum absolute atomic E-state index is 13.2. The van der Waals surface area contributed by atoms with Crippen LogP contribution in [-0.2, 0) is 0 Å². The molecule has 1 aromatic rings. The zero-order valence-corrected chi connectivity index (χ0v) is 13.2. The van der Waals surface area contributed by atoms with Gasteiger partial charge in [0.05, 0.1) is 4.47 Å². The average Bonchev–Trinajstić information content (AvgIpc) is 2.35. The molecule has 19 heavy (non-hydrogen) atoms. The Labute approximate surface area is 127 Å². The van der Waals surface area contributed by atoms with E-state index in [0.717, 1.165) is 6.54 Å². The van der Waals surface area contributed by atoms with E-state index in [0.29, 0.717) is 16.6 Å². The molecule has 1 fully saturated rings. The molecule has 0 saturated carbocycles. The molecule has 2 rings (SSSR count). The van der Waals surface area contributed by atoms with Crippen LogP contribution in [0.15, 0.2) is 22.7 Å². The maximum Gasteiger partial charge on any atom is 0.254 e. The molecule has 1 aliphatic rings. The Kier molecular flexibility index (Phi) is 5.77. The molecule has 2 atom stereocenters. The molecular weight excluding hydrogens is 335 g/mol. The van der Waals surface area contributed by atoms with Gasteiger partial charge in [-0.1, -0.05) is 0 Å². The monoisotopic (exact) mass is 350 g/mol. The van der Waals surface area contributed by atoms with Crippen molar-refractivity contribution in [2.45, 2.75) is 25.9 Å². The van der Waals surface area contributed by atoms with Crippen LogP contribution in [0.5, 0.6) is 0 Å². The molecule has 0 spiro atoms. The maximum atomic E-state index is 13.2. The van der Waals surface area contributed by atoms with Crippen LogP contribution in [0.2, 0.25) is 0 Å². The number of hydrogen-bond acceptors (Lipinski definition) is 2. The lowest BCUT2D eigenvalue weighted by Gasteiger charge is -2.37. The van der Waals surface area contributed by atoms with Gasteiger partial charge in [0.25, 0.3) is 5.91 Å². The predicted molar refractivity (Wildman–Crippen MR) is 79.3 cm³/mol. The molecule has 1 heterocycles. The molecule has 1 aliphatic heterocycles. The number of benzene rings is 1. The normalized spacial score (nSPS) is 22.8. The van der Waals surface area contributed by atoms with Gasteiger partial charge in [-0.3, -0.25) is 4.79 Å². The van der Waals surface area contributed by atoms with Crippen molar-refractivity contribution >= 4 is 34.2 Å². The van der Waals surface area contributed by atoms with Crippen molar-refractivity contribution in [1.82, 2.24) is 10.2 Å². The van der Waals surface area contributed by atoms with Crippen molar-refractivity contribution in [3.05, 3.63) is 34.1 Å². The number of amides is 1. The molecule has 1 aromatic carbocycles. The minimum absolute atomic E-state index is 0. The van der Waals surface area contributed by atoms with Crippen molar-refractivity contribution in [3.63, 3.8) is 0 Å². The minimum atomic E-state index is -0.353. The van der Waals surface area contributed by atoms with E-state index in [2.05, 4.69) is 21.2 Å². The van der Waals surface area contributed by atoms with Gasteiger partial charge in [-0.2, -0.15) is 0 Å². The smallest absolute Gasteiger partial charge is 0.254 e. The van der Waals surface area contributed by atoms with Crippen molar-refractivity contribution in [3.8, 4) is 0 Å². The fourth-order valence-corrected chi connectivity index (χ4v) is 2.48. The molecule has 0 aromatic heterocycles. The lowest BCUT2D eigenvalue weighted by molar-refractivity contribution is 0.0616. The van der Waals surface area contributed by atoms with Gasteiger partial charge in [-0.25, -0.2) is 4.39 Å². The lowest BCUT2D eigenvalue weighted by Crippen LogP contribution is -2.56. The first-order valence-corrected chi connectivity index (χ1v) is 6.77. The third-order valence-electron chi connectivity index (χ3n) is 3.19. The molecular formula is C13H17BrClFN2O. The quantitative estimate of drug-likeness (QED) is 0.844. The first-order chi connectivity index (χ1) is 8.49. The summed E-state index contributed by atoms with van der Waals surface area (Å²) in [6, 6.07) is 4.82. The van der Waals surface area contributed by atoms with E-state index in [1.165, 1.54) is 18.2 Å². The SMILES string of the molecule is CC1CN(C(=O)c2ccc(F)c(Br)c2)C(C)CN1.Cl. The highest BCUT2D eigenvalue weighted by atomic mass is 79.9. The van der Waals surface area contributed by atoms with Crippen molar-refractivity contribution in [1.29, 1.82) is 0 Å². The van der Waals surface area contributed by atoms with Crippen LogP contribution >= 0.6 is 28.3 Å². The zero-order valence-electron chi connectivity index (χ0n) is 10.8. The Morgan fingerprint density at radius 3 is 2.79 bits per heavy atom. The van der Waals surface area contributed by atoms with E-state index in [9.17, 15) is 9.18 Å². The van der Waals surface area contributed by atoms with Crippen LogP contribution in [0.4, 0.5) is 4.39 Å². The van der Waals surface area contributed by atoms with Crippen LogP contribution in [0.3, 0.4) is 0 Å². The highest BCUT2D eigenvalue weighted by Crippen LogP contribution is 2.19. The standard InChI is InChI=1S/C13H16BrFN2O.ClH/c1-8-7-17(9(2)6-16-8)13(18)10-3-4-12(15)11(14)5-10;/h3-5,8-9,16H,6-7H2,1-2H3;1H. The van der Waals surface area contributed by atoms with Gasteiger partial charge < -0.3 is 10.2 Å². The second kappa shape index (κ2) is 6.68. The van der Waals surface area contributed by atoms with Crippen LogP contribution in [-0.4, -0.2) is 36.0 Å². The number of nitrogens with zero attached hydrogens (tertiary/aromatic N) is 1. The van der Waals surface area contributed by atoms with E-state index < -0.39 is 0 Å².